The number of hydrogen-bond donors (Lipinski definition) is 3. The number of rotatable bonds is 3. The van der Waals surface area contributed by atoms with E-state index in [4.69, 9.17) is 10.2 Å². The third-order valence-electron chi connectivity index (χ3n) is 3.78. The van der Waals surface area contributed by atoms with Crippen LogP contribution in [0, 0.1) is 0 Å². The van der Waals surface area contributed by atoms with Crippen LogP contribution in [0.15, 0.2) is 0 Å². The lowest BCUT2D eigenvalue weighted by molar-refractivity contribution is 0.186. The summed E-state index contributed by atoms with van der Waals surface area (Å²) in [6.07, 6.45) is 14.6. The van der Waals surface area contributed by atoms with Gasteiger partial charge in [0.15, 0.2) is 0 Å². The molecule has 17 heavy (non-hydrogen) atoms. The molecule has 0 saturated heterocycles. The van der Waals surface area contributed by atoms with Crippen molar-refractivity contribution in [2.24, 2.45) is 0 Å². The smallest absolute Gasteiger partial charge is 0.0662 e. The van der Waals surface area contributed by atoms with Crippen molar-refractivity contribution in [1.82, 2.24) is 5.32 Å². The minimum Gasteiger partial charge on any atom is -0.394 e. The van der Waals surface area contributed by atoms with Crippen LogP contribution in [0.4, 0.5) is 0 Å². The van der Waals surface area contributed by atoms with Gasteiger partial charge in [0, 0.05) is 12.1 Å². The van der Waals surface area contributed by atoms with Gasteiger partial charge in [0.05, 0.1) is 13.2 Å². The SMILES string of the molecule is C1CCC(NC2CCCCC2)CC1.OCCO. The maximum Gasteiger partial charge on any atom is 0.0662 e. The molecule has 2 aliphatic carbocycles. The van der Waals surface area contributed by atoms with Gasteiger partial charge in [0.25, 0.3) is 0 Å². The Balaban J connectivity index is 0.000000317. The predicted molar refractivity (Wildman–Crippen MR) is 71.1 cm³/mol. The first-order valence-electron chi connectivity index (χ1n) is 7.34. The van der Waals surface area contributed by atoms with Gasteiger partial charge in [0.2, 0.25) is 0 Å². The van der Waals surface area contributed by atoms with E-state index in [1.54, 1.807) is 0 Å². The van der Waals surface area contributed by atoms with Crippen molar-refractivity contribution in [3.63, 3.8) is 0 Å². The minimum absolute atomic E-state index is 0.125. The number of aliphatic hydroxyl groups is 2. The van der Waals surface area contributed by atoms with Crippen LogP contribution in [-0.4, -0.2) is 35.5 Å². The Morgan fingerprint density at radius 3 is 1.29 bits per heavy atom. The fourth-order valence-corrected chi connectivity index (χ4v) is 2.87. The van der Waals surface area contributed by atoms with E-state index in [1.165, 1.54) is 64.2 Å². The Morgan fingerprint density at radius 1 is 0.647 bits per heavy atom. The third-order valence-corrected chi connectivity index (χ3v) is 3.78. The molecule has 0 aromatic heterocycles. The van der Waals surface area contributed by atoms with E-state index in [0.29, 0.717) is 0 Å². The fraction of sp³-hybridized carbons (Fsp3) is 1.00. The first-order chi connectivity index (χ1) is 8.36. The van der Waals surface area contributed by atoms with E-state index in [1.807, 2.05) is 0 Å². The second kappa shape index (κ2) is 9.86. The molecule has 0 aromatic carbocycles. The molecule has 0 aromatic rings. The molecular formula is C14H29NO2. The van der Waals surface area contributed by atoms with Crippen LogP contribution in [0.2, 0.25) is 0 Å². The molecule has 2 fully saturated rings. The van der Waals surface area contributed by atoms with Crippen LogP contribution in [0.5, 0.6) is 0 Å². The molecular weight excluding hydrogens is 214 g/mol. The van der Waals surface area contributed by atoms with Crippen LogP contribution >= 0.6 is 0 Å². The van der Waals surface area contributed by atoms with Gasteiger partial charge in [0.1, 0.15) is 0 Å². The van der Waals surface area contributed by atoms with Gasteiger partial charge in [-0.25, -0.2) is 0 Å². The van der Waals surface area contributed by atoms with Crippen molar-refractivity contribution < 1.29 is 10.2 Å². The van der Waals surface area contributed by atoms with Gasteiger partial charge in [-0.1, -0.05) is 38.5 Å². The van der Waals surface area contributed by atoms with Crippen LogP contribution in [-0.2, 0) is 0 Å². The molecule has 0 unspecified atom stereocenters. The van der Waals surface area contributed by atoms with E-state index in [0.717, 1.165) is 12.1 Å². The maximum absolute atomic E-state index is 7.62. The highest BCUT2D eigenvalue weighted by atomic mass is 16.3. The van der Waals surface area contributed by atoms with E-state index in [-0.39, 0.29) is 13.2 Å². The molecule has 3 heteroatoms. The zero-order valence-corrected chi connectivity index (χ0v) is 11.0. The first-order valence-corrected chi connectivity index (χ1v) is 7.34. The Hall–Kier alpha value is -0.120. The van der Waals surface area contributed by atoms with Gasteiger partial charge in [-0.3, -0.25) is 0 Å². The highest BCUT2D eigenvalue weighted by molar-refractivity contribution is 4.79. The van der Waals surface area contributed by atoms with Gasteiger partial charge in [-0.15, -0.1) is 0 Å². The summed E-state index contributed by atoms with van der Waals surface area (Å²) in [4.78, 5) is 0. The van der Waals surface area contributed by atoms with Crippen molar-refractivity contribution in [2.45, 2.75) is 76.3 Å². The van der Waals surface area contributed by atoms with Crippen molar-refractivity contribution >= 4 is 0 Å². The normalized spacial score (nSPS) is 22.9. The van der Waals surface area contributed by atoms with E-state index >= 15 is 0 Å². The molecule has 2 aliphatic rings. The van der Waals surface area contributed by atoms with Crippen LogP contribution in [0.25, 0.3) is 0 Å². The standard InChI is InChI=1S/C12H23N.C2H6O2/c1-3-7-11(8-4-1)13-12-9-5-2-6-10-12;3-1-2-4/h11-13H,1-10H2;3-4H,1-2H2. The number of hydrogen-bond acceptors (Lipinski definition) is 3. The molecule has 0 bridgehead atoms. The average Bonchev–Trinajstić information content (AvgIpc) is 2.41. The first kappa shape index (κ1) is 14.9. The molecule has 0 radical (unpaired) electrons. The molecule has 0 aliphatic heterocycles. The lowest BCUT2D eigenvalue weighted by Crippen LogP contribution is -2.40. The molecule has 2 rings (SSSR count). The Labute approximate surface area is 106 Å². The minimum atomic E-state index is -0.125. The van der Waals surface area contributed by atoms with Crippen molar-refractivity contribution in [2.75, 3.05) is 13.2 Å². The van der Waals surface area contributed by atoms with Gasteiger partial charge < -0.3 is 15.5 Å². The predicted octanol–water partition coefficient (Wildman–Crippen LogP) is 2.21. The summed E-state index contributed by atoms with van der Waals surface area (Å²) in [5.41, 5.74) is 0. The molecule has 2 saturated carbocycles. The van der Waals surface area contributed by atoms with Crippen molar-refractivity contribution in [3.05, 3.63) is 0 Å². The van der Waals surface area contributed by atoms with Crippen LogP contribution < -0.4 is 5.32 Å². The van der Waals surface area contributed by atoms with Crippen molar-refractivity contribution in [1.29, 1.82) is 0 Å². The lowest BCUT2D eigenvalue weighted by atomic mass is 9.91. The monoisotopic (exact) mass is 243 g/mol. The summed E-state index contributed by atoms with van der Waals surface area (Å²) < 4.78 is 0. The van der Waals surface area contributed by atoms with Crippen LogP contribution in [0.1, 0.15) is 64.2 Å². The zero-order valence-electron chi connectivity index (χ0n) is 11.0. The number of nitrogens with one attached hydrogen (secondary N) is 1. The average molecular weight is 243 g/mol. The highest BCUT2D eigenvalue weighted by Crippen LogP contribution is 2.22. The molecule has 0 atom stereocenters. The maximum atomic E-state index is 7.62. The molecule has 102 valence electrons. The topological polar surface area (TPSA) is 52.5 Å². The highest BCUT2D eigenvalue weighted by Gasteiger charge is 2.19. The zero-order chi connectivity index (χ0) is 12.3. The summed E-state index contributed by atoms with van der Waals surface area (Å²) in [5.74, 6) is 0. The summed E-state index contributed by atoms with van der Waals surface area (Å²) in [7, 11) is 0. The fourth-order valence-electron chi connectivity index (χ4n) is 2.87. The quantitative estimate of drug-likeness (QED) is 0.712. The van der Waals surface area contributed by atoms with Crippen LogP contribution in [0.3, 0.4) is 0 Å². The molecule has 0 spiro atoms. The van der Waals surface area contributed by atoms with Gasteiger partial charge in [-0.05, 0) is 25.7 Å². The molecule has 0 heterocycles. The molecule has 0 amide bonds. The van der Waals surface area contributed by atoms with Crippen molar-refractivity contribution in [3.8, 4) is 0 Å². The second-order valence-corrected chi connectivity index (χ2v) is 5.28. The van der Waals surface area contributed by atoms with E-state index in [2.05, 4.69) is 5.32 Å². The Bertz CT molecular complexity index is 146. The molecule has 3 nitrogen and oxygen atoms in total. The number of aliphatic hydroxyl groups excluding tert-OH is 2. The van der Waals surface area contributed by atoms with Gasteiger partial charge >= 0.3 is 0 Å². The van der Waals surface area contributed by atoms with E-state index < -0.39 is 0 Å². The van der Waals surface area contributed by atoms with E-state index in [9.17, 15) is 0 Å². The Morgan fingerprint density at radius 2 is 1.00 bits per heavy atom. The largest absolute Gasteiger partial charge is 0.394 e. The third kappa shape index (κ3) is 7.02. The summed E-state index contributed by atoms with van der Waals surface area (Å²) in [6, 6.07) is 1.74. The molecule has 3 N–H and O–H groups in total. The Kier molecular flexibility index (Phi) is 8.67. The summed E-state index contributed by atoms with van der Waals surface area (Å²) in [6.45, 7) is -0.250. The summed E-state index contributed by atoms with van der Waals surface area (Å²) in [5, 5.41) is 19.1. The van der Waals surface area contributed by atoms with Gasteiger partial charge in [-0.2, -0.15) is 0 Å². The lowest BCUT2D eigenvalue weighted by Gasteiger charge is -2.30. The summed E-state index contributed by atoms with van der Waals surface area (Å²) >= 11 is 0. The second-order valence-electron chi connectivity index (χ2n) is 5.28.